The minimum atomic E-state index is -0.490. The maximum atomic E-state index is 11.7. The van der Waals surface area contributed by atoms with Crippen LogP contribution >= 0.6 is 11.6 Å². The van der Waals surface area contributed by atoms with E-state index in [-0.39, 0.29) is 5.91 Å². The van der Waals surface area contributed by atoms with Crippen molar-refractivity contribution in [2.75, 3.05) is 11.9 Å². The number of aliphatic hydroxyl groups excluding tert-OH is 1. The summed E-state index contributed by atoms with van der Waals surface area (Å²) >= 11 is 5.88. The van der Waals surface area contributed by atoms with Gasteiger partial charge < -0.3 is 10.4 Å². The number of carbonyl (C=O) groups excluding carboxylic acids is 1. The summed E-state index contributed by atoms with van der Waals surface area (Å²) in [6.07, 6.45) is -0.490. The molecule has 3 N–H and O–H groups in total. The lowest BCUT2D eigenvalue weighted by Gasteiger charge is -2.12. The first kappa shape index (κ1) is 11.4. The Bertz CT molecular complexity index is 420. The van der Waals surface area contributed by atoms with Crippen LogP contribution in [0.15, 0.2) is 18.2 Å². The van der Waals surface area contributed by atoms with Crippen molar-refractivity contribution in [2.24, 2.45) is 0 Å². The number of amides is 1. The molecule has 5 heteroatoms. The Morgan fingerprint density at radius 1 is 1.62 bits per heavy atom. The van der Waals surface area contributed by atoms with E-state index >= 15 is 0 Å². The monoisotopic (exact) mass is 240 g/mol. The molecule has 0 saturated carbocycles. The van der Waals surface area contributed by atoms with Gasteiger partial charge >= 0.3 is 0 Å². The van der Waals surface area contributed by atoms with Gasteiger partial charge in [0.15, 0.2) is 0 Å². The van der Waals surface area contributed by atoms with Gasteiger partial charge in [-0.2, -0.15) is 0 Å². The number of rotatable bonds is 3. The first-order valence-electron chi connectivity index (χ1n) is 5.09. The van der Waals surface area contributed by atoms with E-state index in [2.05, 4.69) is 10.6 Å². The number of aliphatic hydroxyl groups is 1. The van der Waals surface area contributed by atoms with Gasteiger partial charge in [-0.1, -0.05) is 11.6 Å². The summed E-state index contributed by atoms with van der Waals surface area (Å²) in [7, 11) is 0. The van der Waals surface area contributed by atoms with Crippen molar-refractivity contribution in [3.05, 3.63) is 28.8 Å². The maximum absolute atomic E-state index is 11.7. The Morgan fingerprint density at radius 3 is 3.06 bits per heavy atom. The molecule has 1 aliphatic heterocycles. The molecule has 2 rings (SSSR count). The average Bonchev–Trinajstić information content (AvgIpc) is 2.51. The molecule has 1 heterocycles. The van der Waals surface area contributed by atoms with Gasteiger partial charge in [0.2, 0.25) is 5.91 Å². The van der Waals surface area contributed by atoms with Crippen LogP contribution in [0.3, 0.4) is 0 Å². The lowest BCUT2D eigenvalue weighted by Crippen LogP contribution is -2.32. The first-order valence-corrected chi connectivity index (χ1v) is 5.47. The van der Waals surface area contributed by atoms with E-state index in [1.54, 1.807) is 25.1 Å². The van der Waals surface area contributed by atoms with Crippen molar-refractivity contribution in [3.63, 3.8) is 0 Å². The minimum absolute atomic E-state index is 0.113. The van der Waals surface area contributed by atoms with Crippen molar-refractivity contribution in [1.82, 2.24) is 5.32 Å². The molecule has 0 saturated heterocycles. The highest BCUT2D eigenvalue weighted by molar-refractivity contribution is 6.31. The third kappa shape index (κ3) is 2.19. The molecule has 0 bridgehead atoms. The van der Waals surface area contributed by atoms with Crippen LogP contribution in [0.2, 0.25) is 5.02 Å². The van der Waals surface area contributed by atoms with Crippen molar-refractivity contribution < 1.29 is 9.90 Å². The van der Waals surface area contributed by atoms with Crippen LogP contribution in [0.5, 0.6) is 0 Å². The first-order chi connectivity index (χ1) is 7.58. The maximum Gasteiger partial charge on any atom is 0.246 e. The van der Waals surface area contributed by atoms with Gasteiger partial charge in [0.25, 0.3) is 0 Å². The number of carbonyl (C=O) groups is 1. The van der Waals surface area contributed by atoms with Crippen molar-refractivity contribution in [3.8, 4) is 0 Å². The van der Waals surface area contributed by atoms with Crippen molar-refractivity contribution >= 4 is 23.2 Å². The number of hydrogen-bond acceptors (Lipinski definition) is 3. The third-order valence-electron chi connectivity index (χ3n) is 2.46. The zero-order valence-corrected chi connectivity index (χ0v) is 9.58. The lowest BCUT2D eigenvalue weighted by atomic mass is 10.1. The molecule has 0 spiro atoms. The molecule has 2 unspecified atom stereocenters. The standard InChI is InChI=1S/C11H13ClN2O2/c1-6(15)5-13-10-8-4-7(12)2-3-9(8)14-11(10)16/h2-4,6,10,13,15H,5H2,1H3,(H,14,16). The molecule has 1 amide bonds. The quantitative estimate of drug-likeness (QED) is 0.747. The fraction of sp³-hybridized carbons (Fsp3) is 0.364. The minimum Gasteiger partial charge on any atom is -0.392 e. The van der Waals surface area contributed by atoms with Crippen LogP contribution < -0.4 is 10.6 Å². The summed E-state index contributed by atoms with van der Waals surface area (Å²) in [5, 5.41) is 15.5. The molecule has 86 valence electrons. The van der Waals surface area contributed by atoms with Crippen molar-refractivity contribution in [2.45, 2.75) is 19.1 Å². The normalized spacial score (nSPS) is 20.4. The van der Waals surface area contributed by atoms with Gasteiger partial charge in [0, 0.05) is 22.8 Å². The molecule has 0 aliphatic carbocycles. The highest BCUT2D eigenvalue weighted by Gasteiger charge is 2.30. The zero-order valence-electron chi connectivity index (χ0n) is 8.83. The second-order valence-corrected chi connectivity index (χ2v) is 4.35. The number of fused-ring (bicyclic) bond motifs is 1. The third-order valence-corrected chi connectivity index (χ3v) is 2.70. The van der Waals surface area contributed by atoms with Gasteiger partial charge in [-0.15, -0.1) is 0 Å². The predicted octanol–water partition coefficient (Wildman–Crippen LogP) is 1.30. The molecule has 2 atom stereocenters. The van der Waals surface area contributed by atoms with E-state index in [4.69, 9.17) is 11.6 Å². The van der Waals surface area contributed by atoms with E-state index in [9.17, 15) is 9.90 Å². The van der Waals surface area contributed by atoms with Gasteiger partial charge in [-0.3, -0.25) is 10.1 Å². The predicted molar refractivity (Wildman–Crippen MR) is 62.5 cm³/mol. The van der Waals surface area contributed by atoms with Crippen molar-refractivity contribution in [1.29, 1.82) is 0 Å². The number of anilines is 1. The van der Waals surface area contributed by atoms with E-state index in [0.717, 1.165) is 11.3 Å². The van der Waals surface area contributed by atoms with Crippen LogP contribution in [-0.4, -0.2) is 23.7 Å². The number of halogens is 1. The lowest BCUT2D eigenvalue weighted by molar-refractivity contribution is -0.117. The Hall–Kier alpha value is -1.10. The van der Waals surface area contributed by atoms with Gasteiger partial charge in [-0.25, -0.2) is 0 Å². The fourth-order valence-electron chi connectivity index (χ4n) is 1.72. The second kappa shape index (κ2) is 4.41. The van der Waals surface area contributed by atoms with E-state index < -0.39 is 12.1 Å². The van der Waals surface area contributed by atoms with Crippen LogP contribution in [0.25, 0.3) is 0 Å². The number of hydrogen-bond donors (Lipinski definition) is 3. The van der Waals surface area contributed by atoms with Gasteiger partial charge in [0.1, 0.15) is 6.04 Å². The molecule has 1 aromatic carbocycles. The average molecular weight is 241 g/mol. The second-order valence-electron chi connectivity index (χ2n) is 3.91. The summed E-state index contributed by atoms with van der Waals surface area (Å²) in [5.74, 6) is -0.113. The Kier molecular flexibility index (Phi) is 3.14. The van der Waals surface area contributed by atoms with Crippen LogP contribution in [0.4, 0.5) is 5.69 Å². The smallest absolute Gasteiger partial charge is 0.246 e. The van der Waals surface area contributed by atoms with E-state index in [1.807, 2.05) is 0 Å². The highest BCUT2D eigenvalue weighted by Crippen LogP contribution is 2.32. The molecule has 1 aromatic rings. The molecule has 0 fully saturated rings. The highest BCUT2D eigenvalue weighted by atomic mass is 35.5. The number of nitrogens with one attached hydrogen (secondary N) is 2. The Labute approximate surface area is 98.6 Å². The number of benzene rings is 1. The zero-order chi connectivity index (χ0) is 11.7. The molecule has 0 aromatic heterocycles. The Balaban J connectivity index is 2.21. The van der Waals surface area contributed by atoms with Crippen LogP contribution in [0, 0.1) is 0 Å². The molecule has 0 radical (unpaired) electrons. The molecular formula is C11H13ClN2O2. The SMILES string of the molecule is CC(O)CNC1C(=O)Nc2ccc(Cl)cc21. The molecule has 1 aliphatic rings. The molecule has 16 heavy (non-hydrogen) atoms. The fourth-order valence-corrected chi connectivity index (χ4v) is 1.90. The summed E-state index contributed by atoms with van der Waals surface area (Å²) in [6, 6.07) is 4.84. The summed E-state index contributed by atoms with van der Waals surface area (Å²) in [4.78, 5) is 11.7. The molecule has 4 nitrogen and oxygen atoms in total. The summed E-state index contributed by atoms with van der Waals surface area (Å²) in [5.41, 5.74) is 1.61. The molecular weight excluding hydrogens is 228 g/mol. The summed E-state index contributed by atoms with van der Waals surface area (Å²) < 4.78 is 0. The van der Waals surface area contributed by atoms with Gasteiger partial charge in [0.05, 0.1) is 6.10 Å². The van der Waals surface area contributed by atoms with Crippen LogP contribution in [0.1, 0.15) is 18.5 Å². The summed E-state index contributed by atoms with van der Waals surface area (Å²) in [6.45, 7) is 2.03. The largest absolute Gasteiger partial charge is 0.392 e. The van der Waals surface area contributed by atoms with E-state index in [0.29, 0.717) is 11.6 Å². The van der Waals surface area contributed by atoms with Gasteiger partial charge in [-0.05, 0) is 25.1 Å². The van der Waals surface area contributed by atoms with E-state index in [1.165, 1.54) is 0 Å². The topological polar surface area (TPSA) is 61.4 Å². The van der Waals surface area contributed by atoms with Crippen LogP contribution in [-0.2, 0) is 4.79 Å². The Morgan fingerprint density at radius 2 is 2.38 bits per heavy atom.